The second-order valence-electron chi connectivity index (χ2n) is 5.90. The Morgan fingerprint density at radius 1 is 1.17 bits per heavy atom. The Kier molecular flexibility index (Phi) is 5.36. The van der Waals surface area contributed by atoms with Gasteiger partial charge >= 0.3 is 0 Å². The van der Waals surface area contributed by atoms with Crippen molar-refractivity contribution in [2.24, 2.45) is 0 Å². The van der Waals surface area contributed by atoms with Crippen LogP contribution < -0.4 is 5.32 Å². The molecule has 0 fully saturated rings. The number of aromatic nitrogens is 1. The number of nitrogens with one attached hydrogen (secondary N) is 1. The predicted molar refractivity (Wildman–Crippen MR) is 103 cm³/mol. The second-order valence-corrected chi connectivity index (χ2v) is 7.19. The van der Waals surface area contributed by atoms with Gasteiger partial charge in [0.25, 0.3) is 0 Å². The third-order valence-corrected chi connectivity index (χ3v) is 5.02. The first-order chi connectivity index (χ1) is 11.7. The minimum absolute atomic E-state index is 0.538. The van der Waals surface area contributed by atoms with E-state index in [0.29, 0.717) is 10.7 Å². The van der Waals surface area contributed by atoms with Gasteiger partial charge in [-0.05, 0) is 55.2 Å². The molecule has 1 heterocycles. The van der Waals surface area contributed by atoms with Crippen molar-refractivity contribution in [2.45, 2.75) is 31.5 Å². The Morgan fingerprint density at radius 2 is 1.96 bits per heavy atom. The number of rotatable bonds is 6. The normalized spacial score (nSPS) is 12.1. The fourth-order valence-electron chi connectivity index (χ4n) is 2.54. The molecular formula is C20H21BrN2O. The lowest BCUT2D eigenvalue weighted by Crippen LogP contribution is -2.00. The SMILES string of the molecule is CCC(Br)Cc1ccc(Nc2cc(-c3ncco3)ccc2C)cc1. The summed E-state index contributed by atoms with van der Waals surface area (Å²) in [6, 6.07) is 14.8. The fraction of sp³-hybridized carbons (Fsp3) is 0.250. The van der Waals surface area contributed by atoms with Crippen molar-refractivity contribution in [1.82, 2.24) is 4.98 Å². The quantitative estimate of drug-likeness (QED) is 0.520. The first-order valence-corrected chi connectivity index (χ1v) is 9.08. The number of hydrogen-bond donors (Lipinski definition) is 1. The highest BCUT2D eigenvalue weighted by Crippen LogP contribution is 2.27. The van der Waals surface area contributed by atoms with E-state index in [1.807, 2.05) is 6.07 Å². The molecule has 1 N–H and O–H groups in total. The summed E-state index contributed by atoms with van der Waals surface area (Å²) < 4.78 is 5.38. The number of halogens is 1. The van der Waals surface area contributed by atoms with Crippen LogP contribution in [0.1, 0.15) is 24.5 Å². The van der Waals surface area contributed by atoms with Gasteiger partial charge in [0.2, 0.25) is 5.89 Å². The maximum Gasteiger partial charge on any atom is 0.225 e. The molecule has 0 radical (unpaired) electrons. The van der Waals surface area contributed by atoms with Crippen LogP contribution in [0.15, 0.2) is 59.3 Å². The third-order valence-electron chi connectivity index (χ3n) is 4.05. The zero-order chi connectivity index (χ0) is 16.9. The Balaban J connectivity index is 1.77. The Morgan fingerprint density at radius 3 is 2.62 bits per heavy atom. The molecule has 0 aliphatic rings. The Bertz CT molecular complexity index is 782. The lowest BCUT2D eigenvalue weighted by atomic mass is 10.1. The molecule has 0 aliphatic carbocycles. The molecule has 4 heteroatoms. The molecule has 3 aromatic rings. The van der Waals surface area contributed by atoms with Gasteiger partial charge in [-0.3, -0.25) is 0 Å². The molecule has 0 saturated carbocycles. The highest BCUT2D eigenvalue weighted by molar-refractivity contribution is 9.09. The molecule has 1 atom stereocenters. The number of benzene rings is 2. The van der Waals surface area contributed by atoms with Crippen LogP contribution in [0.2, 0.25) is 0 Å². The molecule has 0 amide bonds. The van der Waals surface area contributed by atoms with E-state index in [-0.39, 0.29) is 0 Å². The Labute approximate surface area is 151 Å². The summed E-state index contributed by atoms with van der Waals surface area (Å²) in [7, 11) is 0. The molecule has 0 saturated heterocycles. The van der Waals surface area contributed by atoms with E-state index in [4.69, 9.17) is 4.42 Å². The van der Waals surface area contributed by atoms with Crippen LogP contribution in [0.25, 0.3) is 11.5 Å². The monoisotopic (exact) mass is 384 g/mol. The van der Waals surface area contributed by atoms with Crippen LogP contribution in [0.4, 0.5) is 11.4 Å². The van der Waals surface area contributed by atoms with E-state index < -0.39 is 0 Å². The predicted octanol–water partition coefficient (Wildman–Crippen LogP) is 6.11. The van der Waals surface area contributed by atoms with Crippen LogP contribution in [-0.4, -0.2) is 9.81 Å². The first-order valence-electron chi connectivity index (χ1n) is 8.16. The maximum atomic E-state index is 5.38. The molecule has 3 rings (SSSR count). The van der Waals surface area contributed by atoms with Crippen molar-refractivity contribution >= 4 is 27.3 Å². The summed E-state index contributed by atoms with van der Waals surface area (Å²) in [4.78, 5) is 4.75. The van der Waals surface area contributed by atoms with Crippen molar-refractivity contribution in [3.63, 3.8) is 0 Å². The lowest BCUT2D eigenvalue weighted by molar-refractivity contribution is 0.574. The van der Waals surface area contributed by atoms with Gasteiger partial charge in [0.1, 0.15) is 6.26 Å². The third kappa shape index (κ3) is 4.06. The zero-order valence-electron chi connectivity index (χ0n) is 13.9. The zero-order valence-corrected chi connectivity index (χ0v) is 15.5. The number of oxazole rings is 1. The molecule has 1 aromatic heterocycles. The maximum absolute atomic E-state index is 5.38. The summed E-state index contributed by atoms with van der Waals surface area (Å²) in [5.41, 5.74) is 5.63. The number of nitrogens with zero attached hydrogens (tertiary/aromatic N) is 1. The molecule has 0 spiro atoms. The van der Waals surface area contributed by atoms with Crippen LogP contribution in [0.5, 0.6) is 0 Å². The summed E-state index contributed by atoms with van der Waals surface area (Å²) in [5.74, 6) is 0.635. The number of hydrogen-bond acceptors (Lipinski definition) is 3. The first kappa shape index (κ1) is 16.8. The average Bonchev–Trinajstić information content (AvgIpc) is 3.13. The topological polar surface area (TPSA) is 38.1 Å². The molecule has 2 aromatic carbocycles. The average molecular weight is 385 g/mol. The number of anilines is 2. The van der Waals surface area contributed by atoms with Crippen LogP contribution >= 0.6 is 15.9 Å². The number of alkyl halides is 1. The standard InChI is InChI=1S/C20H21BrN2O/c1-3-17(21)12-15-5-8-18(9-6-15)23-19-13-16(7-4-14(19)2)20-22-10-11-24-20/h4-11,13,17,23H,3,12H2,1-2H3. The minimum atomic E-state index is 0.538. The van der Waals surface area contributed by atoms with Crippen molar-refractivity contribution < 1.29 is 4.42 Å². The highest BCUT2D eigenvalue weighted by Gasteiger charge is 2.07. The second kappa shape index (κ2) is 7.67. The van der Waals surface area contributed by atoms with E-state index in [1.165, 1.54) is 11.1 Å². The summed E-state index contributed by atoms with van der Waals surface area (Å²) in [6.45, 7) is 4.28. The molecular weight excluding hydrogens is 364 g/mol. The van der Waals surface area contributed by atoms with Crippen molar-refractivity contribution in [3.8, 4) is 11.5 Å². The van der Waals surface area contributed by atoms with Gasteiger partial charge in [-0.2, -0.15) is 0 Å². The Hall–Kier alpha value is -2.07. The highest BCUT2D eigenvalue weighted by atomic mass is 79.9. The van der Waals surface area contributed by atoms with Gasteiger partial charge in [-0.25, -0.2) is 4.98 Å². The molecule has 0 bridgehead atoms. The van der Waals surface area contributed by atoms with E-state index in [1.54, 1.807) is 12.5 Å². The van der Waals surface area contributed by atoms with E-state index in [2.05, 4.69) is 76.5 Å². The molecule has 0 aliphatic heterocycles. The summed E-state index contributed by atoms with van der Waals surface area (Å²) in [6.07, 6.45) is 5.44. The molecule has 24 heavy (non-hydrogen) atoms. The van der Waals surface area contributed by atoms with Gasteiger partial charge in [-0.1, -0.05) is 41.1 Å². The largest absolute Gasteiger partial charge is 0.445 e. The van der Waals surface area contributed by atoms with E-state index in [9.17, 15) is 0 Å². The van der Waals surface area contributed by atoms with Gasteiger partial charge in [-0.15, -0.1) is 0 Å². The lowest BCUT2D eigenvalue weighted by Gasteiger charge is -2.12. The van der Waals surface area contributed by atoms with Crippen molar-refractivity contribution in [1.29, 1.82) is 0 Å². The van der Waals surface area contributed by atoms with Gasteiger partial charge in [0.15, 0.2) is 0 Å². The van der Waals surface area contributed by atoms with Crippen LogP contribution in [0, 0.1) is 6.92 Å². The molecule has 1 unspecified atom stereocenters. The van der Waals surface area contributed by atoms with Gasteiger partial charge in [0.05, 0.1) is 6.20 Å². The van der Waals surface area contributed by atoms with Gasteiger partial charge < -0.3 is 9.73 Å². The fourth-order valence-corrected chi connectivity index (χ4v) is 2.91. The van der Waals surface area contributed by atoms with E-state index in [0.717, 1.165) is 29.8 Å². The minimum Gasteiger partial charge on any atom is -0.445 e. The molecule has 124 valence electrons. The van der Waals surface area contributed by atoms with Crippen LogP contribution in [0.3, 0.4) is 0 Å². The van der Waals surface area contributed by atoms with Gasteiger partial charge in [0, 0.05) is 21.8 Å². The van der Waals surface area contributed by atoms with Crippen molar-refractivity contribution in [3.05, 3.63) is 66.1 Å². The summed E-state index contributed by atoms with van der Waals surface area (Å²) in [5, 5.41) is 3.49. The van der Waals surface area contributed by atoms with Crippen LogP contribution in [-0.2, 0) is 6.42 Å². The number of aryl methyl sites for hydroxylation is 1. The van der Waals surface area contributed by atoms with Crippen molar-refractivity contribution in [2.75, 3.05) is 5.32 Å². The molecule has 3 nitrogen and oxygen atoms in total. The van der Waals surface area contributed by atoms with E-state index >= 15 is 0 Å². The summed E-state index contributed by atoms with van der Waals surface area (Å²) >= 11 is 3.69. The smallest absolute Gasteiger partial charge is 0.225 e.